The van der Waals surface area contributed by atoms with Crippen molar-refractivity contribution in [3.8, 4) is 0 Å². The van der Waals surface area contributed by atoms with Crippen LogP contribution in [0.4, 0.5) is 5.69 Å². The molecule has 1 aromatic carbocycles. The maximum atomic E-state index is 12.1. The van der Waals surface area contributed by atoms with Crippen molar-refractivity contribution in [2.24, 2.45) is 10.5 Å². The molecular weight excluding hydrogens is 246 g/mol. The Kier molecular flexibility index (Phi) is 3.09. The zero-order valence-corrected chi connectivity index (χ0v) is 11.1. The fraction of sp³-hybridized carbons (Fsp3) is 0.385. The van der Waals surface area contributed by atoms with Crippen LogP contribution in [-0.4, -0.2) is 28.1 Å². The fourth-order valence-electron chi connectivity index (χ4n) is 2.09. The van der Waals surface area contributed by atoms with Gasteiger partial charge in [-0.3, -0.25) is 14.9 Å². The van der Waals surface area contributed by atoms with Gasteiger partial charge in [0.1, 0.15) is 0 Å². The predicted octanol–water partition coefficient (Wildman–Crippen LogP) is 2.19. The van der Waals surface area contributed by atoms with Gasteiger partial charge in [0.2, 0.25) is 0 Å². The Bertz CT molecular complexity index is 561. The molecule has 100 valence electrons. The molecule has 0 bridgehead atoms. The second kappa shape index (κ2) is 4.46. The van der Waals surface area contributed by atoms with Gasteiger partial charge in [0.25, 0.3) is 11.6 Å². The monoisotopic (exact) mass is 261 g/mol. The molecule has 1 amide bonds. The van der Waals surface area contributed by atoms with Crippen LogP contribution >= 0.6 is 0 Å². The lowest BCUT2D eigenvalue weighted by atomic mass is 9.83. The molecule has 0 saturated heterocycles. The molecule has 0 atom stereocenters. The second-order valence-electron chi connectivity index (χ2n) is 4.90. The van der Waals surface area contributed by atoms with E-state index in [1.165, 1.54) is 17.1 Å². The maximum absolute atomic E-state index is 12.1. The first kappa shape index (κ1) is 13.2. The van der Waals surface area contributed by atoms with Crippen LogP contribution in [0.2, 0.25) is 0 Å². The number of carbonyl (C=O) groups is 1. The maximum Gasteiger partial charge on any atom is 0.269 e. The van der Waals surface area contributed by atoms with Gasteiger partial charge in [0.15, 0.2) is 0 Å². The molecule has 0 spiro atoms. The number of rotatable bonds is 3. The summed E-state index contributed by atoms with van der Waals surface area (Å²) in [6.07, 6.45) is 0. The molecule has 1 aliphatic rings. The van der Waals surface area contributed by atoms with E-state index in [0.717, 1.165) is 5.56 Å². The van der Waals surface area contributed by atoms with Crippen LogP contribution < -0.4 is 0 Å². The Labute approximate surface area is 110 Å². The molecular formula is C13H15N3O3. The normalized spacial score (nSPS) is 17.5. The summed E-state index contributed by atoms with van der Waals surface area (Å²) in [5.41, 5.74) is 0.708. The zero-order valence-electron chi connectivity index (χ0n) is 11.1. The molecule has 2 rings (SSSR count). The molecule has 0 aromatic heterocycles. The lowest BCUT2D eigenvalue weighted by molar-refractivity contribution is -0.384. The highest BCUT2D eigenvalue weighted by Crippen LogP contribution is 2.32. The van der Waals surface area contributed by atoms with Crippen molar-refractivity contribution in [1.29, 1.82) is 0 Å². The predicted molar refractivity (Wildman–Crippen MR) is 70.8 cm³/mol. The van der Waals surface area contributed by atoms with Gasteiger partial charge in [-0.25, -0.2) is 5.01 Å². The average Bonchev–Trinajstić information content (AvgIpc) is 2.61. The summed E-state index contributed by atoms with van der Waals surface area (Å²) in [7, 11) is 0. The van der Waals surface area contributed by atoms with E-state index in [9.17, 15) is 14.9 Å². The number of nitrogens with zero attached hydrogens (tertiary/aromatic N) is 3. The minimum Gasteiger partial charge on any atom is -0.272 e. The number of hydrazone groups is 1. The highest BCUT2D eigenvalue weighted by molar-refractivity contribution is 6.19. The average molecular weight is 261 g/mol. The number of nitro benzene ring substituents is 1. The summed E-state index contributed by atoms with van der Waals surface area (Å²) >= 11 is 0. The number of hydrogen-bond donors (Lipinski definition) is 0. The van der Waals surface area contributed by atoms with E-state index < -0.39 is 10.3 Å². The van der Waals surface area contributed by atoms with Crippen molar-refractivity contribution < 1.29 is 9.72 Å². The Morgan fingerprint density at radius 3 is 2.32 bits per heavy atom. The summed E-state index contributed by atoms with van der Waals surface area (Å²) in [6.45, 7) is 5.99. The summed E-state index contributed by atoms with van der Waals surface area (Å²) in [6, 6.07) is 6.11. The summed E-state index contributed by atoms with van der Waals surface area (Å²) in [4.78, 5) is 22.3. The van der Waals surface area contributed by atoms with Crippen molar-refractivity contribution in [3.63, 3.8) is 0 Å². The molecule has 6 heteroatoms. The van der Waals surface area contributed by atoms with E-state index in [1.54, 1.807) is 12.1 Å². The van der Waals surface area contributed by atoms with E-state index in [0.29, 0.717) is 12.3 Å². The van der Waals surface area contributed by atoms with Gasteiger partial charge in [0.05, 0.1) is 16.0 Å². The quantitative estimate of drug-likeness (QED) is 0.618. The van der Waals surface area contributed by atoms with Gasteiger partial charge in [-0.2, -0.15) is 5.10 Å². The SMILES string of the molecule is CCN1N=C(c2ccc([N+](=O)[O-])cc2)C(C)(C)C1=O. The molecule has 6 nitrogen and oxygen atoms in total. The number of amides is 1. The van der Waals surface area contributed by atoms with Gasteiger partial charge in [-0.1, -0.05) is 0 Å². The van der Waals surface area contributed by atoms with Crippen LogP contribution in [0, 0.1) is 15.5 Å². The van der Waals surface area contributed by atoms with Crippen LogP contribution in [0.3, 0.4) is 0 Å². The van der Waals surface area contributed by atoms with E-state index in [1.807, 2.05) is 20.8 Å². The molecule has 19 heavy (non-hydrogen) atoms. The third-order valence-corrected chi connectivity index (χ3v) is 3.23. The minimum absolute atomic E-state index is 0.0267. The van der Waals surface area contributed by atoms with Crippen LogP contribution in [-0.2, 0) is 4.79 Å². The number of nitro groups is 1. The van der Waals surface area contributed by atoms with Gasteiger partial charge in [0, 0.05) is 18.7 Å². The number of carbonyl (C=O) groups excluding carboxylic acids is 1. The molecule has 1 heterocycles. The minimum atomic E-state index is -0.702. The highest BCUT2D eigenvalue weighted by atomic mass is 16.6. The molecule has 0 saturated carbocycles. The van der Waals surface area contributed by atoms with Gasteiger partial charge >= 0.3 is 0 Å². The van der Waals surface area contributed by atoms with E-state index in [4.69, 9.17) is 0 Å². The van der Waals surface area contributed by atoms with Gasteiger partial charge < -0.3 is 0 Å². The van der Waals surface area contributed by atoms with Crippen molar-refractivity contribution in [3.05, 3.63) is 39.9 Å². The van der Waals surface area contributed by atoms with E-state index in [2.05, 4.69) is 5.10 Å². The molecule has 0 fully saturated rings. The van der Waals surface area contributed by atoms with Crippen LogP contribution in [0.1, 0.15) is 26.3 Å². The second-order valence-corrected chi connectivity index (χ2v) is 4.90. The van der Waals surface area contributed by atoms with Crippen molar-refractivity contribution in [2.45, 2.75) is 20.8 Å². The Balaban J connectivity index is 2.41. The van der Waals surface area contributed by atoms with Gasteiger partial charge in [-0.05, 0) is 38.5 Å². The molecule has 0 radical (unpaired) electrons. The number of benzene rings is 1. The van der Waals surface area contributed by atoms with Crippen molar-refractivity contribution in [2.75, 3.05) is 6.54 Å². The third-order valence-electron chi connectivity index (χ3n) is 3.23. The lowest BCUT2D eigenvalue weighted by Gasteiger charge is -2.18. The summed E-state index contributed by atoms with van der Waals surface area (Å²) in [5, 5.41) is 16.4. The zero-order chi connectivity index (χ0) is 14.2. The van der Waals surface area contributed by atoms with Crippen molar-refractivity contribution in [1.82, 2.24) is 5.01 Å². The van der Waals surface area contributed by atoms with E-state index in [-0.39, 0.29) is 11.6 Å². The topological polar surface area (TPSA) is 75.8 Å². The summed E-state index contributed by atoms with van der Waals surface area (Å²) in [5.74, 6) is -0.0525. The number of hydrogen-bond acceptors (Lipinski definition) is 4. The first-order valence-corrected chi connectivity index (χ1v) is 6.03. The third kappa shape index (κ3) is 2.09. The Morgan fingerprint density at radius 2 is 1.89 bits per heavy atom. The first-order valence-electron chi connectivity index (χ1n) is 6.03. The highest BCUT2D eigenvalue weighted by Gasteiger charge is 2.43. The molecule has 0 N–H and O–H groups in total. The first-order chi connectivity index (χ1) is 8.87. The van der Waals surface area contributed by atoms with Crippen LogP contribution in [0.15, 0.2) is 29.4 Å². The Hall–Kier alpha value is -2.24. The standard InChI is InChI=1S/C13H15N3O3/c1-4-15-12(17)13(2,3)11(14-15)9-5-7-10(8-6-9)16(18)19/h5-8H,4H2,1-3H3. The molecule has 1 aliphatic heterocycles. The molecule has 0 aliphatic carbocycles. The van der Waals surface area contributed by atoms with Crippen LogP contribution in [0.25, 0.3) is 0 Å². The summed E-state index contributed by atoms with van der Waals surface area (Å²) < 4.78 is 0. The van der Waals surface area contributed by atoms with Gasteiger partial charge in [-0.15, -0.1) is 0 Å². The largest absolute Gasteiger partial charge is 0.272 e. The molecule has 0 unspecified atom stereocenters. The Morgan fingerprint density at radius 1 is 1.32 bits per heavy atom. The van der Waals surface area contributed by atoms with E-state index >= 15 is 0 Å². The molecule has 1 aromatic rings. The lowest BCUT2D eigenvalue weighted by Crippen LogP contribution is -2.34. The smallest absolute Gasteiger partial charge is 0.269 e. The van der Waals surface area contributed by atoms with Crippen molar-refractivity contribution >= 4 is 17.3 Å². The van der Waals surface area contributed by atoms with Crippen LogP contribution in [0.5, 0.6) is 0 Å². The fourth-order valence-corrected chi connectivity index (χ4v) is 2.09. The number of non-ortho nitro benzene ring substituents is 1.